The van der Waals surface area contributed by atoms with Crippen molar-refractivity contribution in [1.82, 2.24) is 0 Å². The van der Waals surface area contributed by atoms with Crippen molar-refractivity contribution >= 4 is 11.9 Å². The molecule has 7 unspecified atom stereocenters. The number of fused-ring (bicyclic) bond motifs is 5. The average molecular weight is 463 g/mol. The number of alkyl halides is 3. The molecule has 3 nitrogen and oxygen atoms in total. The molecule has 1 N–H and O–H groups in total. The molecule has 1 aromatic rings. The largest absolute Gasteiger partial charge is 0.573 e. The number of hydrogen-bond donors (Lipinski definition) is 1. The highest BCUT2D eigenvalue weighted by Gasteiger charge is 2.61. The Balaban J connectivity index is 1.37. The van der Waals surface area contributed by atoms with Gasteiger partial charge < -0.3 is 9.84 Å². The van der Waals surface area contributed by atoms with E-state index in [1.165, 1.54) is 12.1 Å². The SMILES string of the molecule is CC12CCC3C(CCC4CC(O)CCC43C)C1CC(=Cc1ccc(OC(F)(F)F)cc1)C2=O. The fourth-order valence-electron chi connectivity index (χ4n) is 8.00. The van der Waals surface area contributed by atoms with Crippen molar-refractivity contribution < 1.29 is 27.8 Å². The van der Waals surface area contributed by atoms with Gasteiger partial charge in [-0.05, 0) is 110 Å². The number of rotatable bonds is 2. The lowest BCUT2D eigenvalue weighted by atomic mass is 9.45. The third-order valence-corrected chi connectivity index (χ3v) is 9.73. The van der Waals surface area contributed by atoms with Gasteiger partial charge in [-0.3, -0.25) is 4.79 Å². The minimum atomic E-state index is -4.71. The summed E-state index contributed by atoms with van der Waals surface area (Å²) in [5.41, 5.74) is 1.44. The Labute approximate surface area is 193 Å². The van der Waals surface area contributed by atoms with Crippen molar-refractivity contribution in [3.8, 4) is 5.75 Å². The highest BCUT2D eigenvalue weighted by atomic mass is 19.4. The predicted molar refractivity (Wildman–Crippen MR) is 119 cm³/mol. The summed E-state index contributed by atoms with van der Waals surface area (Å²) in [4.78, 5) is 13.5. The van der Waals surface area contributed by atoms with Gasteiger partial charge in [0.1, 0.15) is 5.75 Å². The molecule has 0 radical (unpaired) electrons. The van der Waals surface area contributed by atoms with Gasteiger partial charge in [0.2, 0.25) is 0 Å². The monoisotopic (exact) mass is 462 g/mol. The first-order valence-electron chi connectivity index (χ1n) is 12.3. The van der Waals surface area contributed by atoms with E-state index >= 15 is 0 Å². The second kappa shape index (κ2) is 7.86. The summed E-state index contributed by atoms with van der Waals surface area (Å²) in [5, 5.41) is 10.2. The Morgan fingerprint density at radius 3 is 2.45 bits per heavy atom. The number of halogens is 3. The second-order valence-electron chi connectivity index (χ2n) is 11.4. The van der Waals surface area contributed by atoms with Gasteiger partial charge in [0.05, 0.1) is 6.10 Å². The molecular weight excluding hydrogens is 429 g/mol. The standard InChI is InChI=1S/C27H33F3O3/c1-25-11-9-19(31)15-18(25)5-8-21-22(25)10-12-26(2)23(21)14-17(24(26)32)13-16-3-6-20(7-4-16)33-27(28,29)30/h3-4,6-7,13,18-19,21-23,31H,5,8-12,14-15H2,1-2H3. The first-order chi connectivity index (χ1) is 15.5. The number of hydrogen-bond acceptors (Lipinski definition) is 3. The van der Waals surface area contributed by atoms with Crippen LogP contribution in [0.25, 0.3) is 6.08 Å². The van der Waals surface area contributed by atoms with Gasteiger partial charge in [0.15, 0.2) is 5.78 Å². The van der Waals surface area contributed by atoms with Gasteiger partial charge >= 0.3 is 6.36 Å². The van der Waals surface area contributed by atoms with Crippen LogP contribution in [0.5, 0.6) is 5.75 Å². The molecule has 33 heavy (non-hydrogen) atoms. The van der Waals surface area contributed by atoms with E-state index in [4.69, 9.17) is 0 Å². The smallest absolute Gasteiger partial charge is 0.406 e. The molecule has 1 aromatic carbocycles. The summed E-state index contributed by atoms with van der Waals surface area (Å²) >= 11 is 0. The highest BCUT2D eigenvalue weighted by molar-refractivity contribution is 6.05. The summed E-state index contributed by atoms with van der Waals surface area (Å²) in [6.07, 6.45) is 4.85. The van der Waals surface area contributed by atoms with E-state index in [0.29, 0.717) is 23.7 Å². The van der Waals surface area contributed by atoms with Crippen molar-refractivity contribution in [2.24, 2.45) is 34.5 Å². The maximum atomic E-state index is 13.5. The normalized spacial score (nSPS) is 41.9. The molecule has 0 aromatic heterocycles. The van der Waals surface area contributed by atoms with Gasteiger partial charge in [0, 0.05) is 5.41 Å². The number of allylic oxidation sites excluding steroid dienone is 1. The quantitative estimate of drug-likeness (QED) is 0.507. The zero-order valence-electron chi connectivity index (χ0n) is 19.3. The van der Waals surface area contributed by atoms with Crippen LogP contribution in [0.1, 0.15) is 70.8 Å². The third kappa shape index (κ3) is 3.92. The van der Waals surface area contributed by atoms with E-state index < -0.39 is 6.36 Å². The zero-order valence-corrected chi connectivity index (χ0v) is 19.3. The lowest BCUT2D eigenvalue weighted by Crippen LogP contribution is -2.54. The summed E-state index contributed by atoms with van der Waals surface area (Å²) < 4.78 is 41.2. The van der Waals surface area contributed by atoms with Crippen LogP contribution in [0.4, 0.5) is 13.2 Å². The molecule has 0 aliphatic heterocycles. The molecule has 0 heterocycles. The van der Waals surface area contributed by atoms with Crippen molar-refractivity contribution in [2.75, 3.05) is 0 Å². The van der Waals surface area contributed by atoms with E-state index in [9.17, 15) is 23.1 Å². The molecule has 4 fully saturated rings. The Morgan fingerprint density at radius 1 is 1.03 bits per heavy atom. The van der Waals surface area contributed by atoms with E-state index in [2.05, 4.69) is 18.6 Å². The number of aliphatic hydroxyl groups excluding tert-OH is 1. The molecule has 0 spiro atoms. The first-order valence-corrected chi connectivity index (χ1v) is 12.3. The third-order valence-electron chi connectivity index (χ3n) is 9.73. The van der Waals surface area contributed by atoms with Crippen molar-refractivity contribution in [2.45, 2.75) is 77.7 Å². The number of carbonyl (C=O) groups is 1. The summed E-state index contributed by atoms with van der Waals surface area (Å²) in [7, 11) is 0. The van der Waals surface area contributed by atoms with Crippen LogP contribution in [0.3, 0.4) is 0 Å². The van der Waals surface area contributed by atoms with Crippen LogP contribution in [0, 0.1) is 34.5 Å². The zero-order chi connectivity index (χ0) is 23.6. The molecule has 4 aliphatic rings. The van der Waals surface area contributed by atoms with Crippen LogP contribution < -0.4 is 4.74 Å². The van der Waals surface area contributed by atoms with Crippen molar-refractivity contribution in [1.29, 1.82) is 0 Å². The molecule has 0 bridgehead atoms. The Hall–Kier alpha value is -1.82. The van der Waals surface area contributed by atoms with Gasteiger partial charge in [-0.25, -0.2) is 0 Å². The molecule has 5 rings (SSSR count). The summed E-state index contributed by atoms with van der Waals surface area (Å²) in [6, 6.07) is 5.75. The maximum Gasteiger partial charge on any atom is 0.573 e. The van der Waals surface area contributed by atoms with E-state index in [0.717, 1.165) is 62.5 Å². The maximum absolute atomic E-state index is 13.5. The van der Waals surface area contributed by atoms with Crippen LogP contribution in [0.2, 0.25) is 0 Å². The Morgan fingerprint density at radius 2 is 1.76 bits per heavy atom. The molecule has 4 saturated carbocycles. The summed E-state index contributed by atoms with van der Waals surface area (Å²) in [6.45, 7) is 4.57. The number of carbonyl (C=O) groups excluding carboxylic acids is 1. The number of ketones is 1. The number of Topliss-reactive ketones (excluding diaryl/α,β-unsaturated/α-hetero) is 1. The fourth-order valence-corrected chi connectivity index (χ4v) is 8.00. The van der Waals surface area contributed by atoms with Crippen LogP contribution in [0.15, 0.2) is 29.8 Å². The Kier molecular flexibility index (Phi) is 5.47. The fraction of sp³-hybridized carbons (Fsp3) is 0.667. The molecule has 4 aliphatic carbocycles. The predicted octanol–water partition coefficient (Wildman–Crippen LogP) is 6.55. The molecule has 0 amide bonds. The minimum Gasteiger partial charge on any atom is -0.406 e. The van der Waals surface area contributed by atoms with Crippen molar-refractivity contribution in [3.05, 3.63) is 35.4 Å². The molecule has 0 saturated heterocycles. The number of ether oxygens (including phenoxy) is 1. The Bertz CT molecular complexity index is 952. The van der Waals surface area contributed by atoms with Gasteiger partial charge in [-0.1, -0.05) is 26.0 Å². The van der Waals surface area contributed by atoms with Crippen molar-refractivity contribution in [3.63, 3.8) is 0 Å². The number of benzene rings is 1. The van der Waals surface area contributed by atoms with Gasteiger partial charge in [-0.2, -0.15) is 0 Å². The van der Waals surface area contributed by atoms with Crippen LogP contribution in [-0.4, -0.2) is 23.4 Å². The van der Waals surface area contributed by atoms with E-state index in [1.54, 1.807) is 12.1 Å². The summed E-state index contributed by atoms with van der Waals surface area (Å²) in [5.74, 6) is 2.00. The topological polar surface area (TPSA) is 46.5 Å². The van der Waals surface area contributed by atoms with E-state index in [1.807, 2.05) is 6.08 Å². The lowest BCUT2D eigenvalue weighted by Gasteiger charge is -2.59. The highest BCUT2D eigenvalue weighted by Crippen LogP contribution is 2.66. The minimum absolute atomic E-state index is 0.163. The molecule has 6 heteroatoms. The lowest BCUT2D eigenvalue weighted by molar-refractivity contribution is -0.274. The van der Waals surface area contributed by atoms with E-state index in [-0.39, 0.29) is 28.5 Å². The average Bonchev–Trinajstić information content (AvgIpc) is 2.99. The van der Waals surface area contributed by atoms with Gasteiger partial charge in [0.25, 0.3) is 0 Å². The molecule has 7 atom stereocenters. The van der Waals surface area contributed by atoms with Crippen LogP contribution in [-0.2, 0) is 4.79 Å². The molecular formula is C27H33F3O3. The van der Waals surface area contributed by atoms with Gasteiger partial charge in [-0.15, -0.1) is 13.2 Å². The second-order valence-corrected chi connectivity index (χ2v) is 11.4. The first kappa shape index (κ1) is 22.9. The van der Waals surface area contributed by atoms with Crippen LogP contribution >= 0.6 is 0 Å². The number of aliphatic hydroxyl groups is 1. The molecule has 180 valence electrons.